The average Bonchev–Trinajstić information content (AvgIpc) is 2.60. The predicted molar refractivity (Wildman–Crippen MR) is 84.0 cm³/mol. The van der Waals surface area contributed by atoms with E-state index in [2.05, 4.69) is 18.0 Å². The third kappa shape index (κ3) is 3.15. The minimum atomic E-state index is -1.32. The van der Waals surface area contributed by atoms with Gasteiger partial charge in [-0.3, -0.25) is 4.79 Å². The number of carbonyl (C=O) groups excluding carboxylic acids is 2. The fourth-order valence-corrected chi connectivity index (χ4v) is 4.03. The van der Waals surface area contributed by atoms with E-state index in [1.807, 2.05) is 0 Å². The third-order valence-corrected chi connectivity index (χ3v) is 5.31. The molecule has 0 aliphatic carbocycles. The summed E-state index contributed by atoms with van der Waals surface area (Å²) in [7, 11) is 0. The number of hydrogen-bond acceptors (Lipinski definition) is 3. The van der Waals surface area contributed by atoms with Crippen molar-refractivity contribution in [2.24, 2.45) is 11.8 Å². The molecule has 3 saturated heterocycles. The maximum absolute atomic E-state index is 12.3. The molecule has 0 radical (unpaired) electrons. The van der Waals surface area contributed by atoms with Gasteiger partial charge in [-0.05, 0) is 12.0 Å². The number of rotatable bonds is 5. The molecule has 1 aromatic rings. The summed E-state index contributed by atoms with van der Waals surface area (Å²) in [6.07, 6.45) is 4.38. The molecule has 4 rings (SSSR count). The number of fused-ring (bicyclic) bond motifs is 3. The second kappa shape index (κ2) is 6.54. The number of aromatic carboxylic acids is 1. The minimum absolute atomic E-state index is 0.0606. The molecule has 3 fully saturated rings. The van der Waals surface area contributed by atoms with Crippen LogP contribution in [0, 0.1) is 11.8 Å². The van der Waals surface area contributed by atoms with Gasteiger partial charge in [-0.1, -0.05) is 24.3 Å². The van der Waals surface area contributed by atoms with Crippen LogP contribution in [0.5, 0.6) is 0 Å². The fourth-order valence-electron chi connectivity index (χ4n) is 4.03. The van der Waals surface area contributed by atoms with Gasteiger partial charge in [0.15, 0.2) is 0 Å². The van der Waals surface area contributed by atoms with Crippen LogP contribution in [0.15, 0.2) is 36.9 Å². The lowest BCUT2D eigenvalue weighted by molar-refractivity contribution is -0.944. The van der Waals surface area contributed by atoms with E-state index in [0.29, 0.717) is 24.4 Å². The molecule has 1 aromatic carbocycles. The zero-order valence-electron chi connectivity index (χ0n) is 13.1. The highest BCUT2D eigenvalue weighted by Gasteiger charge is 2.42. The molecule has 1 unspecified atom stereocenters. The molecule has 2 bridgehead atoms. The third-order valence-electron chi connectivity index (χ3n) is 5.31. The van der Waals surface area contributed by atoms with E-state index in [0.717, 1.165) is 19.5 Å². The normalized spacial score (nSPS) is 29.0. The monoisotopic (exact) mass is 314 g/mol. The van der Waals surface area contributed by atoms with E-state index in [1.165, 1.54) is 23.5 Å². The highest BCUT2D eigenvalue weighted by Crippen LogP contribution is 2.27. The average molecular weight is 314 g/mol. The van der Waals surface area contributed by atoms with E-state index < -0.39 is 5.97 Å². The van der Waals surface area contributed by atoms with Crippen molar-refractivity contribution in [2.45, 2.75) is 18.9 Å². The number of amides is 1. The van der Waals surface area contributed by atoms with Crippen molar-refractivity contribution >= 4 is 11.9 Å². The Kier molecular flexibility index (Phi) is 4.48. The van der Waals surface area contributed by atoms with Crippen molar-refractivity contribution < 1.29 is 19.6 Å². The molecule has 3 aliphatic rings. The van der Waals surface area contributed by atoms with Gasteiger partial charge in [-0.25, -0.2) is 0 Å². The maximum atomic E-state index is 12.3. The highest BCUT2D eigenvalue weighted by molar-refractivity contribution is 6.04. The molecule has 0 aromatic heterocycles. The standard InChI is InChI=1S/C18H22N2O3/c1-2-12-11-20-8-7-13(12)9-14(20)10-19-17(21)15-5-3-4-6-16(15)18(22)23/h2-6,12-14H,1,7-11H2,(H,19,21)(H,22,23)/t12-,13-,14+/m0/s1. The molecule has 3 heterocycles. The molecule has 4 atom stereocenters. The molecule has 0 saturated carbocycles. The van der Waals surface area contributed by atoms with E-state index in [4.69, 9.17) is 0 Å². The second-order valence-electron chi connectivity index (χ2n) is 6.54. The van der Waals surface area contributed by atoms with Crippen molar-refractivity contribution in [3.63, 3.8) is 0 Å². The van der Waals surface area contributed by atoms with E-state index >= 15 is 0 Å². The van der Waals surface area contributed by atoms with Gasteiger partial charge < -0.3 is 20.1 Å². The number of nitrogens with one attached hydrogen (secondary N) is 2. The van der Waals surface area contributed by atoms with Crippen LogP contribution >= 0.6 is 0 Å². The minimum Gasteiger partial charge on any atom is -0.545 e. The largest absolute Gasteiger partial charge is 0.545 e. The summed E-state index contributed by atoms with van der Waals surface area (Å²) in [6, 6.07) is 6.58. The maximum Gasteiger partial charge on any atom is 0.252 e. The zero-order chi connectivity index (χ0) is 16.4. The Balaban J connectivity index is 1.62. The first-order valence-electron chi connectivity index (χ1n) is 8.16. The molecule has 5 nitrogen and oxygen atoms in total. The Hall–Kier alpha value is -2.14. The van der Waals surface area contributed by atoms with Gasteiger partial charge in [0, 0.05) is 29.9 Å². The van der Waals surface area contributed by atoms with E-state index in [9.17, 15) is 14.7 Å². The van der Waals surface area contributed by atoms with Crippen molar-refractivity contribution in [1.29, 1.82) is 0 Å². The van der Waals surface area contributed by atoms with E-state index in [-0.39, 0.29) is 17.0 Å². The lowest BCUT2D eigenvalue weighted by Gasteiger charge is -2.46. The molecule has 122 valence electrons. The number of piperidine rings is 3. The molecular formula is C18H22N2O3. The van der Waals surface area contributed by atoms with E-state index in [1.54, 1.807) is 12.1 Å². The summed E-state index contributed by atoms with van der Waals surface area (Å²) in [4.78, 5) is 24.9. The molecule has 2 N–H and O–H groups in total. The summed E-state index contributed by atoms with van der Waals surface area (Å²) in [5.41, 5.74) is 0.108. The van der Waals surface area contributed by atoms with Crippen LogP contribution in [0.25, 0.3) is 0 Å². The predicted octanol–water partition coefficient (Wildman–Crippen LogP) is -0.741. The van der Waals surface area contributed by atoms with Gasteiger partial charge in [0.25, 0.3) is 5.91 Å². The molecule has 0 spiro atoms. The van der Waals surface area contributed by atoms with Crippen LogP contribution in [-0.2, 0) is 0 Å². The Bertz CT molecular complexity index is 628. The zero-order valence-corrected chi connectivity index (χ0v) is 13.1. The van der Waals surface area contributed by atoms with Gasteiger partial charge in [0.05, 0.1) is 25.6 Å². The second-order valence-corrected chi connectivity index (χ2v) is 6.54. The van der Waals surface area contributed by atoms with Crippen LogP contribution in [-0.4, -0.2) is 37.6 Å². The van der Waals surface area contributed by atoms with Gasteiger partial charge in [-0.15, -0.1) is 6.58 Å². The summed E-state index contributed by atoms with van der Waals surface area (Å²) in [6.45, 7) is 6.73. The first kappa shape index (κ1) is 15.7. The number of carboxylic acids is 1. The van der Waals surface area contributed by atoms with Crippen LogP contribution in [0.1, 0.15) is 33.6 Å². The van der Waals surface area contributed by atoms with Crippen molar-refractivity contribution in [3.05, 3.63) is 48.0 Å². The Labute approximate surface area is 136 Å². The van der Waals surface area contributed by atoms with Crippen molar-refractivity contribution in [3.8, 4) is 0 Å². The quantitative estimate of drug-likeness (QED) is 0.703. The first-order chi connectivity index (χ1) is 11.1. The number of carbonyl (C=O) groups is 2. The molecule has 1 amide bonds. The van der Waals surface area contributed by atoms with Crippen LogP contribution in [0.4, 0.5) is 0 Å². The smallest absolute Gasteiger partial charge is 0.252 e. The summed E-state index contributed by atoms with van der Waals surface area (Å²) in [5, 5.41) is 14.0. The SMILES string of the molecule is C=C[C@H]1C[NH+]2CC[C@H]1C[C@@H]2CNC(=O)c1ccccc1C(=O)[O-]. The molecular weight excluding hydrogens is 292 g/mol. The molecule has 23 heavy (non-hydrogen) atoms. The number of quaternary nitrogens is 1. The Morgan fingerprint density at radius 3 is 2.70 bits per heavy atom. The van der Waals surface area contributed by atoms with Crippen molar-refractivity contribution in [1.82, 2.24) is 5.32 Å². The Morgan fingerprint density at radius 2 is 2.09 bits per heavy atom. The number of hydrogen-bond donors (Lipinski definition) is 2. The lowest BCUT2D eigenvalue weighted by atomic mass is 9.75. The lowest BCUT2D eigenvalue weighted by Crippen LogP contribution is -3.20. The van der Waals surface area contributed by atoms with Gasteiger partial charge in [0.1, 0.15) is 6.04 Å². The van der Waals surface area contributed by atoms with Gasteiger partial charge in [-0.2, -0.15) is 0 Å². The topological polar surface area (TPSA) is 73.7 Å². The van der Waals surface area contributed by atoms with Crippen LogP contribution < -0.4 is 15.3 Å². The summed E-state index contributed by atoms with van der Waals surface area (Å²) < 4.78 is 0. The van der Waals surface area contributed by atoms with Crippen LogP contribution in [0.2, 0.25) is 0 Å². The van der Waals surface area contributed by atoms with Crippen molar-refractivity contribution in [2.75, 3.05) is 19.6 Å². The van der Waals surface area contributed by atoms with Crippen LogP contribution in [0.3, 0.4) is 0 Å². The fraction of sp³-hybridized carbons (Fsp3) is 0.444. The molecule has 3 aliphatic heterocycles. The van der Waals surface area contributed by atoms with Gasteiger partial charge in [0.2, 0.25) is 0 Å². The highest BCUT2D eigenvalue weighted by atomic mass is 16.4. The first-order valence-corrected chi connectivity index (χ1v) is 8.16. The Morgan fingerprint density at radius 1 is 1.35 bits per heavy atom. The summed E-state index contributed by atoms with van der Waals surface area (Å²) in [5.74, 6) is -0.408. The van der Waals surface area contributed by atoms with Gasteiger partial charge >= 0.3 is 0 Å². The number of carboxylic acid groups (broad SMARTS) is 1. The number of benzene rings is 1. The summed E-state index contributed by atoms with van der Waals surface area (Å²) >= 11 is 0. The molecule has 5 heteroatoms.